The summed E-state index contributed by atoms with van der Waals surface area (Å²) in [5.74, 6) is 2.07. The highest BCUT2D eigenvalue weighted by molar-refractivity contribution is 5.93. The third-order valence-electron chi connectivity index (χ3n) is 5.64. The SMILES string of the molecule is Cc1ccc(-c2nnc(-c3nc(N4CCc5ccccc54)c4ccccc4n3)o2)cc1. The van der Waals surface area contributed by atoms with Crippen LogP contribution in [0.2, 0.25) is 0 Å². The van der Waals surface area contributed by atoms with Gasteiger partial charge in [0.1, 0.15) is 5.82 Å². The predicted molar refractivity (Wildman–Crippen MR) is 120 cm³/mol. The molecule has 6 nitrogen and oxygen atoms in total. The van der Waals surface area contributed by atoms with Crippen LogP contribution >= 0.6 is 0 Å². The third-order valence-corrected chi connectivity index (χ3v) is 5.64. The maximum atomic E-state index is 5.97. The lowest BCUT2D eigenvalue weighted by Crippen LogP contribution is -2.16. The summed E-state index contributed by atoms with van der Waals surface area (Å²) in [7, 11) is 0. The molecule has 0 N–H and O–H groups in total. The summed E-state index contributed by atoms with van der Waals surface area (Å²) in [5.41, 5.74) is 5.41. The topological polar surface area (TPSA) is 67.9 Å². The summed E-state index contributed by atoms with van der Waals surface area (Å²) in [6.45, 7) is 2.92. The molecule has 150 valence electrons. The van der Waals surface area contributed by atoms with Crippen molar-refractivity contribution >= 4 is 22.4 Å². The average molecular weight is 405 g/mol. The maximum Gasteiger partial charge on any atom is 0.286 e. The van der Waals surface area contributed by atoms with Gasteiger partial charge in [0.05, 0.1) is 5.52 Å². The van der Waals surface area contributed by atoms with Gasteiger partial charge in [0.25, 0.3) is 5.89 Å². The number of fused-ring (bicyclic) bond motifs is 2. The molecule has 0 spiro atoms. The Labute approximate surface area is 179 Å². The molecule has 0 unspecified atom stereocenters. The van der Waals surface area contributed by atoms with Crippen molar-refractivity contribution in [2.75, 3.05) is 11.4 Å². The van der Waals surface area contributed by atoms with Crippen LogP contribution in [-0.4, -0.2) is 26.7 Å². The Hall–Kier alpha value is -4.06. The molecule has 0 saturated carbocycles. The second-order valence-corrected chi connectivity index (χ2v) is 7.70. The van der Waals surface area contributed by atoms with Gasteiger partial charge < -0.3 is 9.32 Å². The fourth-order valence-electron chi connectivity index (χ4n) is 4.05. The van der Waals surface area contributed by atoms with Crippen LogP contribution in [-0.2, 0) is 6.42 Å². The molecule has 3 aromatic carbocycles. The fraction of sp³-hybridized carbons (Fsp3) is 0.120. The Kier molecular flexibility index (Phi) is 4.02. The summed E-state index contributed by atoms with van der Waals surface area (Å²) in [4.78, 5) is 11.9. The maximum absolute atomic E-state index is 5.97. The van der Waals surface area contributed by atoms with E-state index >= 15 is 0 Å². The molecule has 0 aliphatic carbocycles. The average Bonchev–Trinajstić information content (AvgIpc) is 3.47. The lowest BCUT2D eigenvalue weighted by molar-refractivity contribution is 0.579. The minimum Gasteiger partial charge on any atom is -0.413 e. The van der Waals surface area contributed by atoms with Gasteiger partial charge in [-0.3, -0.25) is 0 Å². The van der Waals surface area contributed by atoms with Crippen LogP contribution in [0.3, 0.4) is 0 Å². The first-order valence-electron chi connectivity index (χ1n) is 10.3. The highest BCUT2D eigenvalue weighted by atomic mass is 16.4. The molecule has 0 amide bonds. The van der Waals surface area contributed by atoms with Crippen molar-refractivity contribution in [2.24, 2.45) is 0 Å². The van der Waals surface area contributed by atoms with Crippen molar-refractivity contribution in [1.82, 2.24) is 20.2 Å². The minimum atomic E-state index is 0.315. The first kappa shape index (κ1) is 17.8. The van der Waals surface area contributed by atoms with E-state index in [1.807, 2.05) is 49.4 Å². The molecule has 31 heavy (non-hydrogen) atoms. The van der Waals surface area contributed by atoms with E-state index in [0.717, 1.165) is 35.2 Å². The van der Waals surface area contributed by atoms with Crippen LogP contribution in [0.15, 0.2) is 77.2 Å². The van der Waals surface area contributed by atoms with E-state index in [1.54, 1.807) is 0 Å². The number of benzene rings is 3. The van der Waals surface area contributed by atoms with Gasteiger partial charge in [0.2, 0.25) is 11.7 Å². The highest BCUT2D eigenvalue weighted by Crippen LogP contribution is 2.37. The molecule has 6 rings (SSSR count). The Morgan fingerprint density at radius 3 is 2.48 bits per heavy atom. The minimum absolute atomic E-state index is 0.315. The van der Waals surface area contributed by atoms with Gasteiger partial charge >= 0.3 is 0 Å². The number of hydrogen-bond donors (Lipinski definition) is 0. The first-order chi connectivity index (χ1) is 15.3. The molecule has 0 atom stereocenters. The van der Waals surface area contributed by atoms with Crippen LogP contribution in [0, 0.1) is 6.92 Å². The van der Waals surface area contributed by atoms with E-state index in [-0.39, 0.29) is 0 Å². The number of hydrogen-bond acceptors (Lipinski definition) is 6. The number of aryl methyl sites for hydroxylation is 1. The van der Waals surface area contributed by atoms with E-state index < -0.39 is 0 Å². The largest absolute Gasteiger partial charge is 0.413 e. The molecular formula is C25H19N5O. The Morgan fingerprint density at radius 1 is 0.806 bits per heavy atom. The molecule has 0 radical (unpaired) electrons. The Balaban J connectivity index is 1.48. The lowest BCUT2D eigenvalue weighted by atomic mass is 10.1. The zero-order valence-corrected chi connectivity index (χ0v) is 17.0. The molecule has 2 aromatic heterocycles. The van der Waals surface area contributed by atoms with E-state index in [4.69, 9.17) is 14.4 Å². The standard InChI is InChI=1S/C25H19N5O/c1-16-10-12-18(13-11-16)24-28-29-25(31-24)22-26-20-8-4-3-7-19(20)23(27-22)30-15-14-17-6-2-5-9-21(17)30/h2-13H,14-15H2,1H3. The zero-order chi connectivity index (χ0) is 20.8. The van der Waals surface area contributed by atoms with Crippen molar-refractivity contribution in [3.05, 3.63) is 83.9 Å². The Bertz CT molecular complexity index is 1410. The van der Waals surface area contributed by atoms with Crippen molar-refractivity contribution in [3.63, 3.8) is 0 Å². The Morgan fingerprint density at radius 2 is 1.58 bits per heavy atom. The van der Waals surface area contributed by atoms with Crippen molar-refractivity contribution in [2.45, 2.75) is 13.3 Å². The molecule has 3 heterocycles. The number of rotatable bonds is 3. The van der Waals surface area contributed by atoms with Crippen molar-refractivity contribution in [3.8, 4) is 23.2 Å². The van der Waals surface area contributed by atoms with Crippen molar-refractivity contribution in [1.29, 1.82) is 0 Å². The summed E-state index contributed by atoms with van der Waals surface area (Å²) in [6, 6.07) is 24.5. The van der Waals surface area contributed by atoms with Gasteiger partial charge in [-0.1, -0.05) is 48.0 Å². The molecule has 1 aliphatic heterocycles. The second-order valence-electron chi connectivity index (χ2n) is 7.70. The van der Waals surface area contributed by atoms with E-state index in [1.165, 1.54) is 16.8 Å². The summed E-state index contributed by atoms with van der Waals surface area (Å²) < 4.78 is 5.97. The van der Waals surface area contributed by atoms with Gasteiger partial charge in [-0.15, -0.1) is 10.2 Å². The van der Waals surface area contributed by atoms with Crippen LogP contribution in [0.25, 0.3) is 34.1 Å². The van der Waals surface area contributed by atoms with Gasteiger partial charge in [0, 0.05) is 23.2 Å². The second kappa shape index (κ2) is 7.02. The smallest absolute Gasteiger partial charge is 0.286 e. The lowest BCUT2D eigenvalue weighted by Gasteiger charge is -2.20. The van der Waals surface area contributed by atoms with Crippen molar-refractivity contribution < 1.29 is 4.42 Å². The number of aromatic nitrogens is 4. The van der Waals surface area contributed by atoms with Gasteiger partial charge in [-0.2, -0.15) is 0 Å². The van der Waals surface area contributed by atoms with Crippen LogP contribution in [0.4, 0.5) is 11.5 Å². The number of para-hydroxylation sites is 2. The molecule has 1 aliphatic rings. The number of nitrogens with zero attached hydrogens (tertiary/aromatic N) is 5. The van der Waals surface area contributed by atoms with Gasteiger partial charge in [0.15, 0.2) is 0 Å². The zero-order valence-electron chi connectivity index (χ0n) is 17.0. The van der Waals surface area contributed by atoms with Crippen LogP contribution < -0.4 is 4.90 Å². The fourth-order valence-corrected chi connectivity index (χ4v) is 4.05. The molecule has 0 fully saturated rings. The normalized spacial score (nSPS) is 13.0. The van der Waals surface area contributed by atoms with Gasteiger partial charge in [-0.25, -0.2) is 9.97 Å². The van der Waals surface area contributed by atoms with Crippen LogP contribution in [0.5, 0.6) is 0 Å². The molecule has 0 bridgehead atoms. The third kappa shape index (κ3) is 3.04. The van der Waals surface area contributed by atoms with Gasteiger partial charge in [-0.05, 0) is 49.2 Å². The predicted octanol–water partition coefficient (Wildman–Crippen LogP) is 5.35. The van der Waals surface area contributed by atoms with E-state index in [2.05, 4.69) is 45.4 Å². The summed E-state index contributed by atoms with van der Waals surface area (Å²) >= 11 is 0. The quantitative estimate of drug-likeness (QED) is 0.403. The molecule has 6 heteroatoms. The monoisotopic (exact) mass is 405 g/mol. The molecular weight excluding hydrogens is 386 g/mol. The highest BCUT2D eigenvalue weighted by Gasteiger charge is 2.25. The summed E-state index contributed by atoms with van der Waals surface area (Å²) in [6.07, 6.45) is 0.988. The summed E-state index contributed by atoms with van der Waals surface area (Å²) in [5, 5.41) is 9.47. The van der Waals surface area contributed by atoms with E-state index in [0.29, 0.717) is 17.6 Å². The van der Waals surface area contributed by atoms with E-state index in [9.17, 15) is 0 Å². The van der Waals surface area contributed by atoms with Crippen LogP contribution in [0.1, 0.15) is 11.1 Å². The molecule has 0 saturated heterocycles. The first-order valence-corrected chi connectivity index (χ1v) is 10.3. The molecule has 5 aromatic rings. The number of anilines is 2.